The van der Waals surface area contributed by atoms with Gasteiger partial charge in [-0.15, -0.1) is 0 Å². The summed E-state index contributed by atoms with van der Waals surface area (Å²) in [5, 5.41) is 5.86. The largest absolute Gasteiger partial charge is 0.490 e. The van der Waals surface area contributed by atoms with E-state index < -0.39 is 5.82 Å². The van der Waals surface area contributed by atoms with E-state index in [1.165, 1.54) is 18.2 Å². The number of nitrogens with one attached hydrogen (secondary N) is 2. The average Bonchev–Trinajstić information content (AvgIpc) is 2.78. The highest BCUT2D eigenvalue weighted by Gasteiger charge is 2.13. The molecule has 0 bridgehead atoms. The van der Waals surface area contributed by atoms with Crippen LogP contribution in [0.15, 0.2) is 54.7 Å². The van der Waals surface area contributed by atoms with Crippen molar-refractivity contribution in [3.63, 3.8) is 0 Å². The van der Waals surface area contributed by atoms with Gasteiger partial charge in [0.1, 0.15) is 11.6 Å². The molecule has 0 spiro atoms. The number of benzene rings is 2. The molecule has 0 aliphatic rings. The molecular weight excluding hydrogens is 433 g/mol. The van der Waals surface area contributed by atoms with Crippen LogP contribution in [-0.2, 0) is 6.42 Å². The number of aromatic nitrogens is 1. The number of ether oxygens (including phenoxy) is 2. The van der Waals surface area contributed by atoms with Crippen molar-refractivity contribution in [2.45, 2.75) is 20.3 Å². The van der Waals surface area contributed by atoms with E-state index >= 15 is 0 Å². The predicted octanol–water partition coefficient (Wildman–Crippen LogP) is 5.58. The first kappa shape index (κ1) is 23.3. The van der Waals surface area contributed by atoms with Gasteiger partial charge in [0.2, 0.25) is 0 Å². The molecule has 8 heteroatoms. The van der Waals surface area contributed by atoms with Crippen molar-refractivity contribution in [1.29, 1.82) is 0 Å². The molecule has 0 aliphatic carbocycles. The highest BCUT2D eigenvalue weighted by molar-refractivity contribution is 6.31. The predicted molar refractivity (Wildman–Crippen MR) is 125 cm³/mol. The minimum atomic E-state index is -0.546. The lowest BCUT2D eigenvalue weighted by Crippen LogP contribution is -2.17. The first-order chi connectivity index (χ1) is 15.5. The molecule has 3 rings (SSSR count). The Bertz CT molecular complexity index is 1080. The maximum atomic E-state index is 13.4. The van der Waals surface area contributed by atoms with Crippen LogP contribution in [0.25, 0.3) is 0 Å². The Morgan fingerprint density at radius 2 is 1.84 bits per heavy atom. The molecule has 2 aromatic carbocycles. The Kier molecular flexibility index (Phi) is 8.27. The molecule has 0 saturated carbocycles. The minimum absolute atomic E-state index is 0.0610. The smallest absolute Gasteiger partial charge is 0.259 e. The molecule has 0 unspecified atom stereocenters. The Hall–Kier alpha value is -3.32. The van der Waals surface area contributed by atoms with Gasteiger partial charge in [0.15, 0.2) is 11.5 Å². The molecule has 2 N–H and O–H groups in total. The number of carbonyl (C=O) groups excluding carboxylic acids is 1. The van der Waals surface area contributed by atoms with Crippen LogP contribution >= 0.6 is 11.6 Å². The third kappa shape index (κ3) is 6.11. The Labute approximate surface area is 191 Å². The number of rotatable bonds is 10. The van der Waals surface area contributed by atoms with Gasteiger partial charge in [0.05, 0.1) is 23.8 Å². The lowest BCUT2D eigenvalue weighted by Gasteiger charge is -2.14. The van der Waals surface area contributed by atoms with Gasteiger partial charge < -0.3 is 20.1 Å². The molecule has 0 radical (unpaired) electrons. The van der Waals surface area contributed by atoms with Crippen LogP contribution in [0.1, 0.15) is 29.8 Å². The lowest BCUT2D eigenvalue weighted by molar-refractivity contribution is 0.102. The summed E-state index contributed by atoms with van der Waals surface area (Å²) < 4.78 is 24.6. The van der Waals surface area contributed by atoms with Gasteiger partial charge in [0, 0.05) is 18.4 Å². The molecule has 6 nitrogen and oxygen atoms in total. The third-order valence-electron chi connectivity index (χ3n) is 4.54. The summed E-state index contributed by atoms with van der Waals surface area (Å²) in [4.78, 5) is 17.0. The van der Waals surface area contributed by atoms with Gasteiger partial charge in [0.25, 0.3) is 5.91 Å². The van der Waals surface area contributed by atoms with Crippen molar-refractivity contribution in [1.82, 2.24) is 4.98 Å². The molecule has 1 heterocycles. The SMILES string of the molecule is CCOc1ccc(CCNc2ncccc2C(=O)Nc2ccc(F)c(Cl)c2)cc1OCC. The van der Waals surface area contributed by atoms with Gasteiger partial charge in [-0.1, -0.05) is 17.7 Å². The van der Waals surface area contributed by atoms with Crippen molar-refractivity contribution >= 4 is 29.0 Å². The van der Waals surface area contributed by atoms with Crippen LogP contribution in [-0.4, -0.2) is 30.6 Å². The number of carbonyl (C=O) groups is 1. The lowest BCUT2D eigenvalue weighted by atomic mass is 10.1. The minimum Gasteiger partial charge on any atom is -0.490 e. The average molecular weight is 458 g/mol. The normalized spacial score (nSPS) is 10.5. The van der Waals surface area contributed by atoms with E-state index in [2.05, 4.69) is 15.6 Å². The fourth-order valence-corrected chi connectivity index (χ4v) is 3.26. The zero-order valence-electron chi connectivity index (χ0n) is 18.0. The number of pyridine rings is 1. The van der Waals surface area contributed by atoms with E-state index in [4.69, 9.17) is 21.1 Å². The molecule has 1 amide bonds. The van der Waals surface area contributed by atoms with E-state index in [1.54, 1.807) is 18.3 Å². The molecule has 168 valence electrons. The summed E-state index contributed by atoms with van der Waals surface area (Å²) in [6.07, 6.45) is 2.30. The van der Waals surface area contributed by atoms with E-state index in [0.29, 0.717) is 49.0 Å². The van der Waals surface area contributed by atoms with Crippen molar-refractivity contribution in [2.24, 2.45) is 0 Å². The highest BCUT2D eigenvalue weighted by Crippen LogP contribution is 2.29. The molecule has 0 fully saturated rings. The van der Waals surface area contributed by atoms with E-state index in [1.807, 2.05) is 32.0 Å². The van der Waals surface area contributed by atoms with Crippen LogP contribution in [0.4, 0.5) is 15.9 Å². The van der Waals surface area contributed by atoms with E-state index in [9.17, 15) is 9.18 Å². The van der Waals surface area contributed by atoms with Gasteiger partial charge in [-0.25, -0.2) is 9.37 Å². The topological polar surface area (TPSA) is 72.5 Å². The maximum Gasteiger partial charge on any atom is 0.259 e. The Balaban J connectivity index is 1.65. The van der Waals surface area contributed by atoms with Gasteiger partial charge in [-0.2, -0.15) is 0 Å². The van der Waals surface area contributed by atoms with Crippen LogP contribution in [0.3, 0.4) is 0 Å². The Morgan fingerprint density at radius 1 is 1.06 bits per heavy atom. The summed E-state index contributed by atoms with van der Waals surface area (Å²) in [7, 11) is 0. The quantitative estimate of drug-likeness (QED) is 0.416. The number of nitrogens with zero attached hydrogens (tertiary/aromatic N) is 1. The van der Waals surface area contributed by atoms with Crippen molar-refractivity contribution in [3.8, 4) is 11.5 Å². The Morgan fingerprint density at radius 3 is 2.59 bits per heavy atom. The summed E-state index contributed by atoms with van der Waals surface area (Å²) in [5.41, 5.74) is 1.83. The number of anilines is 2. The molecule has 0 saturated heterocycles. The van der Waals surface area contributed by atoms with Crippen LogP contribution < -0.4 is 20.1 Å². The number of hydrogen-bond donors (Lipinski definition) is 2. The number of halogens is 2. The fraction of sp³-hybridized carbons (Fsp3) is 0.250. The molecular formula is C24H25ClFN3O3. The van der Waals surface area contributed by atoms with Gasteiger partial charge >= 0.3 is 0 Å². The molecule has 1 aromatic heterocycles. The summed E-state index contributed by atoms with van der Waals surface area (Å²) >= 11 is 5.79. The zero-order chi connectivity index (χ0) is 22.9. The fourth-order valence-electron chi connectivity index (χ4n) is 3.08. The van der Waals surface area contributed by atoms with E-state index in [-0.39, 0.29) is 10.9 Å². The first-order valence-electron chi connectivity index (χ1n) is 10.4. The maximum absolute atomic E-state index is 13.4. The first-order valence-corrected chi connectivity index (χ1v) is 10.7. The number of amides is 1. The van der Waals surface area contributed by atoms with Gasteiger partial charge in [-0.3, -0.25) is 4.79 Å². The molecule has 3 aromatic rings. The van der Waals surface area contributed by atoms with Crippen molar-refractivity contribution in [3.05, 3.63) is 76.7 Å². The summed E-state index contributed by atoms with van der Waals surface area (Å²) in [6.45, 7) is 5.53. The molecule has 32 heavy (non-hydrogen) atoms. The van der Waals surface area contributed by atoms with Crippen LogP contribution in [0, 0.1) is 5.82 Å². The second kappa shape index (κ2) is 11.3. The summed E-state index contributed by atoms with van der Waals surface area (Å²) in [5.74, 6) is 0.964. The second-order valence-electron chi connectivity index (χ2n) is 6.81. The molecule has 0 aliphatic heterocycles. The van der Waals surface area contributed by atoms with Crippen LogP contribution in [0.5, 0.6) is 11.5 Å². The standard InChI is InChI=1S/C24H25ClFN3O3/c1-3-31-21-10-7-16(14-22(21)32-4-2)11-13-28-23-18(6-5-12-27-23)24(30)29-17-8-9-20(26)19(25)15-17/h5-10,12,14-15H,3-4,11,13H2,1-2H3,(H,27,28)(H,29,30). The second-order valence-corrected chi connectivity index (χ2v) is 7.21. The zero-order valence-corrected chi connectivity index (χ0v) is 18.7. The highest BCUT2D eigenvalue weighted by atomic mass is 35.5. The third-order valence-corrected chi connectivity index (χ3v) is 4.83. The van der Waals surface area contributed by atoms with Crippen molar-refractivity contribution in [2.75, 3.05) is 30.4 Å². The number of hydrogen-bond acceptors (Lipinski definition) is 5. The van der Waals surface area contributed by atoms with Gasteiger partial charge in [-0.05, 0) is 68.3 Å². The summed E-state index contributed by atoms with van der Waals surface area (Å²) in [6, 6.07) is 13.2. The molecule has 0 atom stereocenters. The monoisotopic (exact) mass is 457 g/mol. The van der Waals surface area contributed by atoms with E-state index in [0.717, 1.165) is 11.3 Å². The van der Waals surface area contributed by atoms with Crippen molar-refractivity contribution < 1.29 is 18.7 Å². The van der Waals surface area contributed by atoms with Crippen LogP contribution in [0.2, 0.25) is 5.02 Å².